The number of carbonyl (C=O) groups is 1. The van der Waals surface area contributed by atoms with Crippen LogP contribution in [0.2, 0.25) is 5.02 Å². The van der Waals surface area contributed by atoms with Crippen molar-refractivity contribution in [3.8, 4) is 0 Å². The second-order valence-corrected chi connectivity index (χ2v) is 4.92. The SMILES string of the molecule is CC(C)C(N)C(=O)Nc1cc(Cl)cc(C(F)(F)F)c1. The Hall–Kier alpha value is -1.27. The summed E-state index contributed by atoms with van der Waals surface area (Å²) in [5.74, 6) is -0.674. The minimum atomic E-state index is -4.52. The average molecular weight is 295 g/mol. The summed E-state index contributed by atoms with van der Waals surface area (Å²) in [5, 5.41) is 2.22. The highest BCUT2D eigenvalue weighted by molar-refractivity contribution is 6.31. The fourth-order valence-electron chi connectivity index (χ4n) is 1.35. The van der Waals surface area contributed by atoms with Crippen LogP contribution in [0.15, 0.2) is 18.2 Å². The van der Waals surface area contributed by atoms with E-state index in [1.807, 2.05) is 0 Å². The van der Waals surface area contributed by atoms with Crippen LogP contribution in [-0.2, 0) is 11.0 Å². The summed E-state index contributed by atoms with van der Waals surface area (Å²) in [6.07, 6.45) is -4.52. The van der Waals surface area contributed by atoms with Crippen molar-refractivity contribution in [1.29, 1.82) is 0 Å². The molecule has 3 nitrogen and oxygen atoms in total. The fraction of sp³-hybridized carbons (Fsp3) is 0.417. The molecule has 0 fully saturated rings. The summed E-state index contributed by atoms with van der Waals surface area (Å²) in [5.41, 5.74) is 4.65. The van der Waals surface area contributed by atoms with Gasteiger partial charge in [0.1, 0.15) is 0 Å². The van der Waals surface area contributed by atoms with Crippen LogP contribution in [-0.4, -0.2) is 11.9 Å². The Kier molecular flexibility index (Phi) is 4.81. The molecule has 1 rings (SSSR count). The van der Waals surface area contributed by atoms with E-state index in [1.54, 1.807) is 13.8 Å². The van der Waals surface area contributed by atoms with Crippen molar-refractivity contribution in [2.24, 2.45) is 11.7 Å². The highest BCUT2D eigenvalue weighted by Crippen LogP contribution is 2.33. The molecular formula is C12H14ClF3N2O. The number of hydrogen-bond donors (Lipinski definition) is 2. The molecule has 1 atom stereocenters. The van der Waals surface area contributed by atoms with Crippen molar-refractivity contribution in [3.63, 3.8) is 0 Å². The maximum atomic E-state index is 12.6. The molecule has 1 aromatic carbocycles. The molecule has 1 aromatic rings. The summed E-state index contributed by atoms with van der Waals surface area (Å²) >= 11 is 5.60. The van der Waals surface area contributed by atoms with E-state index >= 15 is 0 Å². The van der Waals surface area contributed by atoms with Crippen molar-refractivity contribution in [1.82, 2.24) is 0 Å². The third-order valence-electron chi connectivity index (χ3n) is 2.51. The Bertz CT molecular complexity index is 475. The van der Waals surface area contributed by atoms with Gasteiger partial charge in [-0.2, -0.15) is 13.2 Å². The van der Waals surface area contributed by atoms with Crippen molar-refractivity contribution >= 4 is 23.2 Å². The lowest BCUT2D eigenvalue weighted by molar-refractivity contribution is -0.137. The highest BCUT2D eigenvalue weighted by atomic mass is 35.5. The van der Waals surface area contributed by atoms with E-state index in [-0.39, 0.29) is 16.6 Å². The Labute approximate surface area is 113 Å². The average Bonchev–Trinajstić information content (AvgIpc) is 2.25. The minimum Gasteiger partial charge on any atom is -0.325 e. The number of hydrogen-bond acceptors (Lipinski definition) is 2. The van der Waals surface area contributed by atoms with Gasteiger partial charge < -0.3 is 11.1 Å². The zero-order valence-corrected chi connectivity index (χ0v) is 11.1. The van der Waals surface area contributed by atoms with E-state index in [2.05, 4.69) is 5.32 Å². The molecule has 0 spiro atoms. The Morgan fingerprint density at radius 1 is 1.32 bits per heavy atom. The molecule has 0 heterocycles. The number of amides is 1. The molecule has 19 heavy (non-hydrogen) atoms. The molecule has 1 amide bonds. The number of benzene rings is 1. The molecule has 0 saturated heterocycles. The summed E-state index contributed by atoms with van der Waals surface area (Å²) in [6, 6.07) is 2.05. The maximum Gasteiger partial charge on any atom is 0.416 e. The smallest absolute Gasteiger partial charge is 0.325 e. The van der Waals surface area contributed by atoms with Gasteiger partial charge >= 0.3 is 6.18 Å². The predicted molar refractivity (Wildman–Crippen MR) is 67.9 cm³/mol. The molecule has 0 aliphatic heterocycles. The first-order chi connectivity index (χ1) is 8.61. The normalized spacial score (nSPS) is 13.5. The number of rotatable bonds is 3. The number of carbonyl (C=O) groups excluding carboxylic acids is 1. The number of anilines is 1. The van der Waals surface area contributed by atoms with Gasteiger partial charge in [0.05, 0.1) is 11.6 Å². The van der Waals surface area contributed by atoms with Crippen LogP contribution in [0.3, 0.4) is 0 Å². The van der Waals surface area contributed by atoms with E-state index in [4.69, 9.17) is 17.3 Å². The van der Waals surface area contributed by atoms with Gasteiger partial charge in [0.15, 0.2) is 0 Å². The molecule has 0 radical (unpaired) electrons. The van der Waals surface area contributed by atoms with Gasteiger partial charge in [0.25, 0.3) is 0 Å². The Balaban J connectivity index is 2.97. The molecule has 1 unspecified atom stereocenters. The predicted octanol–water partition coefficient (Wildman–Crippen LogP) is 3.28. The van der Waals surface area contributed by atoms with Crippen molar-refractivity contribution in [2.45, 2.75) is 26.1 Å². The molecule has 0 bridgehead atoms. The molecule has 3 N–H and O–H groups in total. The summed E-state index contributed by atoms with van der Waals surface area (Å²) in [4.78, 5) is 11.7. The second kappa shape index (κ2) is 5.79. The van der Waals surface area contributed by atoms with Gasteiger partial charge in [0, 0.05) is 10.7 Å². The van der Waals surface area contributed by atoms with Crippen LogP contribution in [0.5, 0.6) is 0 Å². The third kappa shape index (κ3) is 4.40. The van der Waals surface area contributed by atoms with E-state index in [0.717, 1.165) is 12.1 Å². The second-order valence-electron chi connectivity index (χ2n) is 4.49. The maximum absolute atomic E-state index is 12.6. The Morgan fingerprint density at radius 2 is 1.89 bits per heavy atom. The molecule has 0 aliphatic rings. The number of halogens is 4. The topological polar surface area (TPSA) is 55.1 Å². The molecule has 7 heteroatoms. The lowest BCUT2D eigenvalue weighted by Gasteiger charge is -2.16. The molecule has 0 aromatic heterocycles. The zero-order chi connectivity index (χ0) is 14.8. The van der Waals surface area contributed by atoms with Crippen molar-refractivity contribution in [2.75, 3.05) is 5.32 Å². The van der Waals surface area contributed by atoms with E-state index < -0.39 is 23.7 Å². The van der Waals surface area contributed by atoms with Crippen LogP contribution in [0.1, 0.15) is 19.4 Å². The van der Waals surface area contributed by atoms with Gasteiger partial charge in [-0.25, -0.2) is 0 Å². The minimum absolute atomic E-state index is 0.0269. The van der Waals surface area contributed by atoms with E-state index in [1.165, 1.54) is 6.07 Å². The largest absolute Gasteiger partial charge is 0.416 e. The molecular weight excluding hydrogens is 281 g/mol. The summed E-state index contributed by atoms with van der Waals surface area (Å²) in [7, 11) is 0. The van der Waals surface area contributed by atoms with Gasteiger partial charge in [-0.3, -0.25) is 4.79 Å². The number of nitrogens with one attached hydrogen (secondary N) is 1. The zero-order valence-electron chi connectivity index (χ0n) is 10.4. The number of nitrogens with two attached hydrogens (primary N) is 1. The van der Waals surface area contributed by atoms with Crippen LogP contribution in [0.25, 0.3) is 0 Å². The van der Waals surface area contributed by atoms with Crippen molar-refractivity contribution in [3.05, 3.63) is 28.8 Å². The standard InChI is InChI=1S/C12H14ClF3N2O/c1-6(2)10(17)11(19)18-9-4-7(12(14,15)16)3-8(13)5-9/h3-6,10H,17H2,1-2H3,(H,18,19). The summed E-state index contributed by atoms with van der Waals surface area (Å²) in [6.45, 7) is 3.48. The first-order valence-corrected chi connectivity index (χ1v) is 5.93. The quantitative estimate of drug-likeness (QED) is 0.899. The number of alkyl halides is 3. The molecule has 0 saturated carbocycles. The molecule has 0 aliphatic carbocycles. The monoisotopic (exact) mass is 294 g/mol. The fourth-order valence-corrected chi connectivity index (χ4v) is 1.59. The Morgan fingerprint density at radius 3 is 2.37 bits per heavy atom. The highest BCUT2D eigenvalue weighted by Gasteiger charge is 2.31. The van der Waals surface area contributed by atoms with Gasteiger partial charge in [-0.1, -0.05) is 25.4 Å². The molecule has 106 valence electrons. The van der Waals surface area contributed by atoms with Gasteiger partial charge in [0.2, 0.25) is 5.91 Å². The van der Waals surface area contributed by atoms with Crippen molar-refractivity contribution < 1.29 is 18.0 Å². The van der Waals surface area contributed by atoms with E-state index in [9.17, 15) is 18.0 Å². The van der Waals surface area contributed by atoms with Gasteiger partial charge in [-0.05, 0) is 24.1 Å². The lowest BCUT2D eigenvalue weighted by atomic mass is 10.0. The van der Waals surface area contributed by atoms with Crippen LogP contribution in [0.4, 0.5) is 18.9 Å². The van der Waals surface area contributed by atoms with Crippen LogP contribution < -0.4 is 11.1 Å². The van der Waals surface area contributed by atoms with E-state index in [0.29, 0.717) is 0 Å². The van der Waals surface area contributed by atoms with Gasteiger partial charge in [-0.15, -0.1) is 0 Å². The van der Waals surface area contributed by atoms with Crippen LogP contribution in [0, 0.1) is 5.92 Å². The summed E-state index contributed by atoms with van der Waals surface area (Å²) < 4.78 is 37.7. The first kappa shape index (κ1) is 15.8. The first-order valence-electron chi connectivity index (χ1n) is 5.55. The lowest BCUT2D eigenvalue weighted by Crippen LogP contribution is -2.39. The van der Waals surface area contributed by atoms with Crippen LogP contribution >= 0.6 is 11.6 Å². The third-order valence-corrected chi connectivity index (χ3v) is 2.73.